The van der Waals surface area contributed by atoms with Gasteiger partial charge in [-0.1, -0.05) is 44.1 Å². The molecule has 0 N–H and O–H groups in total. The second kappa shape index (κ2) is 7.51. The highest BCUT2D eigenvalue weighted by Gasteiger charge is 2.36. The number of unbranched alkanes of at least 4 members (excludes halogenated alkanes) is 2. The van der Waals surface area contributed by atoms with E-state index < -0.39 is 23.5 Å². The summed E-state index contributed by atoms with van der Waals surface area (Å²) in [5, 5.41) is 0. The highest BCUT2D eigenvalue weighted by molar-refractivity contribution is 5.54. The van der Waals surface area contributed by atoms with Crippen molar-refractivity contribution in [3.8, 4) is 0 Å². The van der Waals surface area contributed by atoms with Crippen LogP contribution < -0.4 is 0 Å². The van der Waals surface area contributed by atoms with Gasteiger partial charge in [0.25, 0.3) is 0 Å². The Kier molecular flexibility index (Phi) is 6.26. The van der Waals surface area contributed by atoms with Gasteiger partial charge < -0.3 is 0 Å². The lowest BCUT2D eigenvalue weighted by Crippen LogP contribution is -2.11. The van der Waals surface area contributed by atoms with Crippen molar-refractivity contribution >= 4 is 6.08 Å². The van der Waals surface area contributed by atoms with Crippen molar-refractivity contribution in [3.63, 3.8) is 0 Å². The fourth-order valence-corrected chi connectivity index (χ4v) is 1.74. The highest BCUT2D eigenvalue weighted by Crippen LogP contribution is 2.36. The maximum atomic E-state index is 12.7. The van der Waals surface area contributed by atoms with Crippen LogP contribution in [0.25, 0.3) is 6.08 Å². The van der Waals surface area contributed by atoms with Crippen LogP contribution in [0.2, 0.25) is 0 Å². The van der Waals surface area contributed by atoms with Crippen molar-refractivity contribution in [3.05, 3.63) is 53.1 Å². The summed E-state index contributed by atoms with van der Waals surface area (Å²) in [6.07, 6.45) is -0.735. The molecule has 0 aliphatic rings. The first-order valence-corrected chi connectivity index (χ1v) is 6.77. The molecule has 1 aromatic rings. The maximum absolute atomic E-state index is 12.7. The van der Waals surface area contributed by atoms with Gasteiger partial charge in [0, 0.05) is 0 Å². The van der Waals surface area contributed by atoms with Crippen LogP contribution in [0.5, 0.6) is 0 Å². The Morgan fingerprint density at radius 1 is 0.864 bits per heavy atom. The number of alkyl halides is 6. The Labute approximate surface area is 125 Å². The summed E-state index contributed by atoms with van der Waals surface area (Å²) in [6.45, 7) is 2.02. The zero-order chi connectivity index (χ0) is 16.8. The Morgan fingerprint density at radius 2 is 1.41 bits per heavy atom. The monoisotopic (exact) mass is 322 g/mol. The lowest BCUT2D eigenvalue weighted by Gasteiger charge is -2.12. The number of rotatable bonds is 5. The zero-order valence-electron chi connectivity index (χ0n) is 11.9. The van der Waals surface area contributed by atoms with Gasteiger partial charge in [0.05, 0.1) is 11.1 Å². The van der Waals surface area contributed by atoms with Gasteiger partial charge in [-0.3, -0.25) is 0 Å². The van der Waals surface area contributed by atoms with Crippen LogP contribution in [0.3, 0.4) is 0 Å². The zero-order valence-corrected chi connectivity index (χ0v) is 11.9. The smallest absolute Gasteiger partial charge is 0.166 e. The fraction of sp³-hybridized carbons (Fsp3) is 0.375. The van der Waals surface area contributed by atoms with Crippen molar-refractivity contribution in [2.75, 3.05) is 0 Å². The summed E-state index contributed by atoms with van der Waals surface area (Å²) in [5.74, 6) is 0. The van der Waals surface area contributed by atoms with Gasteiger partial charge >= 0.3 is 12.4 Å². The van der Waals surface area contributed by atoms with Crippen molar-refractivity contribution in [2.24, 2.45) is 0 Å². The summed E-state index contributed by atoms with van der Waals surface area (Å²) >= 11 is 0. The van der Waals surface area contributed by atoms with E-state index in [4.69, 9.17) is 0 Å². The molecule has 0 unspecified atom stereocenters. The molecule has 0 spiro atoms. The fourth-order valence-electron chi connectivity index (χ4n) is 1.74. The minimum atomic E-state index is -4.82. The van der Waals surface area contributed by atoms with E-state index in [1.807, 2.05) is 13.0 Å². The minimum Gasteiger partial charge on any atom is -0.166 e. The molecule has 0 aliphatic carbocycles. The Bertz CT molecular complexity index is 502. The van der Waals surface area contributed by atoms with Gasteiger partial charge in [-0.25, -0.2) is 0 Å². The normalized spacial score (nSPS) is 13.4. The first kappa shape index (κ1) is 18.3. The molecule has 0 fully saturated rings. The van der Waals surface area contributed by atoms with Crippen molar-refractivity contribution in [1.82, 2.24) is 0 Å². The van der Waals surface area contributed by atoms with Crippen molar-refractivity contribution in [1.29, 1.82) is 0 Å². The molecule has 0 saturated heterocycles. The second-order valence-electron chi connectivity index (χ2n) is 4.77. The topological polar surface area (TPSA) is 0 Å². The van der Waals surface area contributed by atoms with Crippen LogP contribution in [0.1, 0.15) is 42.9 Å². The quantitative estimate of drug-likeness (QED) is 0.330. The maximum Gasteiger partial charge on any atom is 0.416 e. The summed E-state index contributed by atoms with van der Waals surface area (Å²) in [6, 6.07) is 1.52. The molecule has 0 heterocycles. The molecule has 122 valence electrons. The first-order chi connectivity index (χ1) is 10.1. The summed E-state index contributed by atoms with van der Waals surface area (Å²) < 4.78 is 76.0. The lowest BCUT2D eigenvalue weighted by molar-refractivity contribution is -0.143. The molecule has 22 heavy (non-hydrogen) atoms. The number of halogens is 6. The van der Waals surface area contributed by atoms with Gasteiger partial charge in [-0.05, 0) is 30.2 Å². The molecule has 0 saturated carbocycles. The van der Waals surface area contributed by atoms with Gasteiger partial charge in [0.2, 0.25) is 0 Å². The number of allylic oxidation sites excluding steroid dienone is 3. The molecule has 0 aliphatic heterocycles. The largest absolute Gasteiger partial charge is 0.416 e. The molecule has 1 aromatic carbocycles. The SMILES string of the molecule is CCCC/C=C\C=C\c1cc(C(F)(F)F)cc(C(F)(F)F)c1. The van der Waals surface area contributed by atoms with Gasteiger partial charge in [0.1, 0.15) is 0 Å². The number of hydrogen-bond donors (Lipinski definition) is 0. The number of hydrogen-bond acceptors (Lipinski definition) is 0. The first-order valence-electron chi connectivity index (χ1n) is 6.77. The molecular weight excluding hydrogens is 306 g/mol. The molecule has 1 rings (SSSR count). The van der Waals surface area contributed by atoms with Crippen LogP contribution in [0, 0.1) is 0 Å². The predicted molar refractivity (Wildman–Crippen MR) is 74.1 cm³/mol. The van der Waals surface area contributed by atoms with Crippen LogP contribution in [0.4, 0.5) is 26.3 Å². The van der Waals surface area contributed by atoms with Gasteiger partial charge in [-0.15, -0.1) is 0 Å². The van der Waals surface area contributed by atoms with E-state index in [9.17, 15) is 26.3 Å². The Hall–Kier alpha value is -1.72. The van der Waals surface area contributed by atoms with E-state index in [-0.39, 0.29) is 11.6 Å². The van der Waals surface area contributed by atoms with Gasteiger partial charge in [-0.2, -0.15) is 26.3 Å². The molecule has 0 amide bonds. The average Bonchev–Trinajstić information content (AvgIpc) is 2.40. The highest BCUT2D eigenvalue weighted by atomic mass is 19.4. The van der Waals surface area contributed by atoms with E-state index in [1.54, 1.807) is 6.08 Å². The predicted octanol–water partition coefficient (Wildman–Crippen LogP) is 6.48. The van der Waals surface area contributed by atoms with Crippen LogP contribution in [-0.2, 0) is 12.4 Å². The summed E-state index contributed by atoms with van der Waals surface area (Å²) in [4.78, 5) is 0. The van der Waals surface area contributed by atoms with Crippen LogP contribution in [-0.4, -0.2) is 0 Å². The Balaban J connectivity index is 3.04. The third kappa shape index (κ3) is 5.95. The third-order valence-corrected chi connectivity index (χ3v) is 2.87. The van der Waals surface area contributed by atoms with E-state index in [2.05, 4.69) is 0 Å². The molecule has 0 atom stereocenters. The Morgan fingerprint density at radius 3 is 1.86 bits per heavy atom. The number of benzene rings is 1. The van der Waals surface area contributed by atoms with E-state index in [1.165, 1.54) is 12.2 Å². The second-order valence-corrected chi connectivity index (χ2v) is 4.77. The van der Waals surface area contributed by atoms with E-state index >= 15 is 0 Å². The van der Waals surface area contributed by atoms with Crippen molar-refractivity contribution < 1.29 is 26.3 Å². The lowest BCUT2D eigenvalue weighted by atomic mass is 10.0. The molecule has 0 radical (unpaired) electrons. The van der Waals surface area contributed by atoms with Crippen molar-refractivity contribution in [2.45, 2.75) is 38.5 Å². The average molecular weight is 322 g/mol. The minimum absolute atomic E-state index is 0.119. The molecular formula is C16H16F6. The molecule has 0 nitrogen and oxygen atoms in total. The van der Waals surface area contributed by atoms with E-state index in [0.717, 1.165) is 19.3 Å². The molecule has 6 heteroatoms. The standard InChI is InChI=1S/C16H16F6/c1-2-3-4-5-6-7-8-12-9-13(15(17,18)19)11-14(10-12)16(20,21)22/h5-11H,2-4H2,1H3/b6-5-,8-7+. The van der Waals surface area contributed by atoms with Gasteiger partial charge in [0.15, 0.2) is 0 Å². The summed E-state index contributed by atoms with van der Waals surface area (Å²) in [7, 11) is 0. The van der Waals surface area contributed by atoms with Crippen LogP contribution in [0.15, 0.2) is 36.4 Å². The summed E-state index contributed by atoms with van der Waals surface area (Å²) in [5.41, 5.74) is -2.75. The molecule has 0 bridgehead atoms. The molecule has 0 aromatic heterocycles. The third-order valence-electron chi connectivity index (χ3n) is 2.87. The van der Waals surface area contributed by atoms with Crippen LogP contribution >= 0.6 is 0 Å². The van der Waals surface area contributed by atoms with E-state index in [0.29, 0.717) is 12.1 Å².